The number of hydrogen-bond donors (Lipinski definition) is 2. The van der Waals surface area contributed by atoms with Gasteiger partial charge in [-0.2, -0.15) is 0 Å². The number of aliphatic carboxylic acids is 1. The third-order valence-electron chi connectivity index (χ3n) is 7.63. The third-order valence-corrected chi connectivity index (χ3v) is 8.79. The molecule has 0 bridgehead atoms. The number of carboxylic acid groups (broad SMARTS) is 1. The first-order valence-electron chi connectivity index (χ1n) is 15.5. The molecule has 11 heteroatoms. The number of aromatic nitrogens is 2. The van der Waals surface area contributed by atoms with Crippen LogP contribution in [0.15, 0.2) is 67.0 Å². The number of benzene rings is 1. The van der Waals surface area contributed by atoms with Gasteiger partial charge in [0, 0.05) is 76.6 Å². The van der Waals surface area contributed by atoms with Gasteiger partial charge in [0.1, 0.15) is 11.5 Å². The molecule has 0 spiro atoms. The average Bonchev–Trinajstić information content (AvgIpc) is 3.73. The van der Waals surface area contributed by atoms with E-state index in [0.717, 1.165) is 72.4 Å². The number of halogens is 1. The van der Waals surface area contributed by atoms with Gasteiger partial charge in [-0.25, -0.2) is 9.18 Å². The molecule has 1 saturated carbocycles. The number of likely N-dealkylation sites (N-methyl/N-ethyl adjacent to an activating group) is 1. The number of carbonyl (C=O) groups excluding carboxylic acids is 1. The number of rotatable bonds is 12. The van der Waals surface area contributed by atoms with Gasteiger partial charge in [0.15, 0.2) is 11.6 Å². The van der Waals surface area contributed by atoms with E-state index in [1.807, 2.05) is 37.3 Å². The summed E-state index contributed by atoms with van der Waals surface area (Å²) in [5.41, 5.74) is 3.54. The molecule has 46 heavy (non-hydrogen) atoms. The average molecular weight is 646 g/mol. The summed E-state index contributed by atoms with van der Waals surface area (Å²) in [6.45, 7) is 5.73. The molecular formula is C35H40FN5O4S. The van der Waals surface area contributed by atoms with Crippen molar-refractivity contribution in [1.82, 2.24) is 25.1 Å². The monoisotopic (exact) mass is 645 g/mol. The maximum Gasteiger partial charge on any atom is 0.328 e. The molecule has 9 nitrogen and oxygen atoms in total. The SMILES string of the molecule is CN(C)C/C=C/C(=O)O.O=C(Cc1ccc(Oc2ccnc3cc(-c4ccc(CN5CCNCC5)cn4)sc23)c(F)c1)CC1CC1. The van der Waals surface area contributed by atoms with E-state index in [9.17, 15) is 14.0 Å². The number of carbonyl (C=O) groups is 2. The molecule has 1 aliphatic heterocycles. The van der Waals surface area contributed by atoms with Crippen LogP contribution < -0.4 is 10.1 Å². The number of Topliss-reactive ketones (excluding diaryl/α,β-unsaturated/α-hetero) is 1. The zero-order chi connectivity index (χ0) is 32.5. The molecular weight excluding hydrogens is 605 g/mol. The molecule has 242 valence electrons. The predicted octanol–water partition coefficient (Wildman–Crippen LogP) is 5.80. The Morgan fingerprint density at radius 3 is 2.54 bits per heavy atom. The number of nitrogens with one attached hydrogen (secondary N) is 1. The molecule has 2 fully saturated rings. The van der Waals surface area contributed by atoms with Gasteiger partial charge in [0.05, 0.1) is 20.8 Å². The maximum absolute atomic E-state index is 14.9. The number of hydrogen-bond acceptors (Lipinski definition) is 9. The number of thiophene rings is 1. The van der Waals surface area contributed by atoms with E-state index < -0.39 is 11.8 Å². The fourth-order valence-corrected chi connectivity index (χ4v) is 6.12. The topological polar surface area (TPSA) is 108 Å². The molecule has 0 radical (unpaired) electrons. The maximum atomic E-state index is 14.9. The Hall–Kier alpha value is -4.03. The normalized spacial score (nSPS) is 15.2. The summed E-state index contributed by atoms with van der Waals surface area (Å²) in [4.78, 5) is 36.5. The number of piperazine rings is 1. The van der Waals surface area contributed by atoms with Crippen molar-refractivity contribution >= 4 is 33.3 Å². The Kier molecular flexibility index (Phi) is 11.6. The third kappa shape index (κ3) is 9.98. The molecule has 1 aromatic carbocycles. The molecule has 0 unspecified atom stereocenters. The van der Waals surface area contributed by atoms with Crippen LogP contribution in [0.3, 0.4) is 0 Å². The lowest BCUT2D eigenvalue weighted by atomic mass is 10.0. The van der Waals surface area contributed by atoms with Crippen LogP contribution in [0.1, 0.15) is 30.4 Å². The summed E-state index contributed by atoms with van der Waals surface area (Å²) in [5.74, 6) is 0.0273. The highest BCUT2D eigenvalue weighted by Gasteiger charge is 2.24. The summed E-state index contributed by atoms with van der Waals surface area (Å²) in [5, 5.41) is 11.5. The Balaban J connectivity index is 0.000000407. The van der Waals surface area contributed by atoms with Crippen LogP contribution in [-0.2, 0) is 22.6 Å². The minimum Gasteiger partial charge on any atom is -0.478 e. The fraction of sp³-hybridized carbons (Fsp3) is 0.371. The van der Waals surface area contributed by atoms with Crippen LogP contribution in [0.4, 0.5) is 4.39 Å². The quantitative estimate of drug-likeness (QED) is 0.185. The Morgan fingerprint density at radius 1 is 1.09 bits per heavy atom. The molecule has 0 amide bonds. The summed E-state index contributed by atoms with van der Waals surface area (Å²) in [6, 6.07) is 12.7. The minimum atomic E-state index is -0.892. The molecule has 2 aliphatic rings. The highest BCUT2D eigenvalue weighted by Crippen LogP contribution is 2.39. The van der Waals surface area contributed by atoms with E-state index in [-0.39, 0.29) is 18.0 Å². The standard InChI is InChI=1S/C29H29FN4O2S.C6H11NO2/c30-23-15-20(14-22(35)13-19-1-2-19)4-6-26(23)36-27-7-8-32-25-16-28(37-29(25)27)24-5-3-21(17-33-24)18-34-11-9-31-10-12-34;1-7(2)5-3-4-6(8)9/h3-8,15-17,19,31H,1-2,9-14,18H2;3-4H,5H2,1-2H3,(H,8,9)/b;4-3+. The van der Waals surface area contributed by atoms with Crippen LogP contribution >= 0.6 is 11.3 Å². The van der Waals surface area contributed by atoms with Crippen molar-refractivity contribution in [2.75, 3.05) is 46.8 Å². The summed E-state index contributed by atoms with van der Waals surface area (Å²) in [7, 11) is 3.76. The van der Waals surface area contributed by atoms with Crippen LogP contribution in [0.2, 0.25) is 0 Å². The molecule has 3 aromatic heterocycles. The molecule has 1 saturated heterocycles. The van der Waals surface area contributed by atoms with Gasteiger partial charge in [0.2, 0.25) is 0 Å². The largest absolute Gasteiger partial charge is 0.478 e. The lowest BCUT2D eigenvalue weighted by Gasteiger charge is -2.27. The fourth-order valence-electron chi connectivity index (χ4n) is 5.08. The molecule has 4 heterocycles. The second kappa shape index (κ2) is 16.0. The van der Waals surface area contributed by atoms with Gasteiger partial charge in [-0.05, 0) is 68.2 Å². The van der Waals surface area contributed by atoms with Crippen LogP contribution in [0.5, 0.6) is 11.5 Å². The van der Waals surface area contributed by atoms with Crippen molar-refractivity contribution in [2.24, 2.45) is 5.92 Å². The second-order valence-corrected chi connectivity index (χ2v) is 13.0. The predicted molar refractivity (Wildman–Crippen MR) is 179 cm³/mol. The van der Waals surface area contributed by atoms with Gasteiger partial charge < -0.3 is 20.1 Å². The first kappa shape index (κ1) is 33.3. The van der Waals surface area contributed by atoms with E-state index in [1.165, 1.54) is 23.0 Å². The van der Waals surface area contributed by atoms with Crippen LogP contribution in [-0.4, -0.2) is 83.4 Å². The number of ketones is 1. The first-order valence-corrected chi connectivity index (χ1v) is 16.3. The van der Waals surface area contributed by atoms with Gasteiger partial charge in [0.25, 0.3) is 0 Å². The van der Waals surface area contributed by atoms with Crippen molar-refractivity contribution in [1.29, 1.82) is 0 Å². The minimum absolute atomic E-state index is 0.135. The van der Waals surface area contributed by atoms with Crippen LogP contribution in [0.25, 0.3) is 20.8 Å². The van der Waals surface area contributed by atoms with E-state index >= 15 is 0 Å². The van der Waals surface area contributed by atoms with Crippen molar-refractivity contribution < 1.29 is 23.8 Å². The zero-order valence-electron chi connectivity index (χ0n) is 26.2. The molecule has 6 rings (SSSR count). The van der Waals surface area contributed by atoms with Crippen molar-refractivity contribution in [3.05, 3.63) is 84.0 Å². The first-order chi connectivity index (χ1) is 22.2. The van der Waals surface area contributed by atoms with Crippen molar-refractivity contribution in [3.8, 4) is 22.1 Å². The Bertz CT molecular complexity index is 1660. The molecule has 2 N–H and O–H groups in total. The number of pyridine rings is 2. The number of fused-ring (bicyclic) bond motifs is 1. The van der Waals surface area contributed by atoms with Crippen molar-refractivity contribution in [2.45, 2.75) is 32.2 Å². The lowest BCUT2D eigenvalue weighted by Crippen LogP contribution is -2.42. The Labute approximate surface area is 272 Å². The van der Waals surface area contributed by atoms with E-state index in [4.69, 9.17) is 14.8 Å². The molecule has 1 aliphatic carbocycles. The number of ether oxygens (including phenoxy) is 1. The highest BCUT2D eigenvalue weighted by atomic mass is 32.1. The second-order valence-electron chi connectivity index (χ2n) is 11.9. The zero-order valence-corrected chi connectivity index (χ0v) is 27.1. The van der Waals surface area contributed by atoms with E-state index in [2.05, 4.69) is 21.3 Å². The summed E-state index contributed by atoms with van der Waals surface area (Å²) < 4.78 is 21.7. The molecule has 0 atom stereocenters. The highest BCUT2D eigenvalue weighted by molar-refractivity contribution is 7.22. The lowest BCUT2D eigenvalue weighted by molar-refractivity contribution is -0.131. The number of nitrogens with zero attached hydrogens (tertiary/aromatic N) is 4. The van der Waals surface area contributed by atoms with Crippen molar-refractivity contribution in [3.63, 3.8) is 0 Å². The van der Waals surface area contributed by atoms with E-state index in [1.54, 1.807) is 30.5 Å². The number of carboxylic acids is 1. The smallest absolute Gasteiger partial charge is 0.328 e. The Morgan fingerprint density at radius 2 is 1.87 bits per heavy atom. The van der Waals surface area contributed by atoms with Gasteiger partial charge in [-0.15, -0.1) is 11.3 Å². The van der Waals surface area contributed by atoms with Gasteiger partial charge in [-0.1, -0.05) is 18.2 Å². The van der Waals surface area contributed by atoms with E-state index in [0.29, 0.717) is 30.2 Å². The summed E-state index contributed by atoms with van der Waals surface area (Å²) in [6.07, 6.45) is 9.49. The molecule has 4 aromatic rings. The van der Waals surface area contributed by atoms with Gasteiger partial charge in [-0.3, -0.25) is 19.7 Å². The van der Waals surface area contributed by atoms with Crippen LogP contribution in [0, 0.1) is 11.7 Å². The van der Waals surface area contributed by atoms with Gasteiger partial charge >= 0.3 is 5.97 Å². The summed E-state index contributed by atoms with van der Waals surface area (Å²) >= 11 is 1.53.